The molecule has 1 rings (SSSR count). The molecule has 1 aromatic rings. The monoisotopic (exact) mass is 339 g/mol. The van der Waals surface area contributed by atoms with Gasteiger partial charge in [-0.25, -0.2) is 4.79 Å². The van der Waals surface area contributed by atoms with Gasteiger partial charge in [-0.3, -0.25) is 4.79 Å². The van der Waals surface area contributed by atoms with Gasteiger partial charge in [0.05, 0.1) is 0 Å². The molecule has 19 heavy (non-hydrogen) atoms. The fraction of sp³-hybridized carbons (Fsp3) is 0.273. The van der Waals surface area contributed by atoms with Gasteiger partial charge in [0.1, 0.15) is 6.04 Å². The Bertz CT molecular complexity index is 490. The van der Waals surface area contributed by atoms with Crippen molar-refractivity contribution in [3.63, 3.8) is 0 Å². The Kier molecular flexibility index (Phi) is 4.93. The molecule has 0 aliphatic carbocycles. The first-order valence-corrected chi connectivity index (χ1v) is 5.84. The van der Waals surface area contributed by atoms with Crippen LogP contribution in [-0.4, -0.2) is 29.2 Å². The molecule has 0 saturated carbocycles. The van der Waals surface area contributed by atoms with Crippen molar-refractivity contribution in [1.82, 2.24) is 5.32 Å². The summed E-state index contributed by atoms with van der Waals surface area (Å²) in [5.41, 5.74) is 0.490. The van der Waals surface area contributed by atoms with Crippen molar-refractivity contribution in [1.29, 1.82) is 0 Å². The van der Waals surface area contributed by atoms with E-state index in [0.29, 0.717) is 10.0 Å². The van der Waals surface area contributed by atoms with Crippen LogP contribution in [0.15, 0.2) is 28.7 Å². The van der Waals surface area contributed by atoms with E-state index < -0.39 is 24.1 Å². The third-order valence-electron chi connectivity index (χ3n) is 2.19. The number of hydrogen-bond acceptors (Lipinski definition) is 2. The first-order valence-electron chi connectivity index (χ1n) is 5.05. The normalized spacial score (nSPS) is 12.8. The lowest BCUT2D eigenvalue weighted by Gasteiger charge is -2.15. The molecule has 0 bridgehead atoms. The van der Waals surface area contributed by atoms with Crippen molar-refractivity contribution in [2.45, 2.75) is 18.6 Å². The second-order valence-corrected chi connectivity index (χ2v) is 4.61. The van der Waals surface area contributed by atoms with Crippen LogP contribution in [-0.2, 0) is 16.0 Å². The van der Waals surface area contributed by atoms with Crippen LogP contribution in [0.5, 0.6) is 0 Å². The summed E-state index contributed by atoms with van der Waals surface area (Å²) >= 11 is 3.16. The molecule has 4 nitrogen and oxygen atoms in total. The topological polar surface area (TPSA) is 66.4 Å². The quantitative estimate of drug-likeness (QED) is 0.883. The van der Waals surface area contributed by atoms with Crippen molar-refractivity contribution < 1.29 is 27.9 Å². The summed E-state index contributed by atoms with van der Waals surface area (Å²) in [5, 5.41) is 10.3. The Labute approximate surface area is 114 Å². The molecule has 0 aliphatic rings. The minimum atomic E-state index is -5.11. The molecule has 0 fully saturated rings. The maximum atomic E-state index is 12.1. The number of alkyl halides is 3. The first-order chi connectivity index (χ1) is 8.70. The van der Waals surface area contributed by atoms with Gasteiger partial charge < -0.3 is 10.4 Å². The number of carbonyl (C=O) groups excluding carboxylic acids is 1. The third-order valence-corrected chi connectivity index (χ3v) is 2.68. The number of benzene rings is 1. The molecule has 0 heterocycles. The summed E-state index contributed by atoms with van der Waals surface area (Å²) in [5.74, 6) is -3.80. The molecule has 8 heteroatoms. The highest BCUT2D eigenvalue weighted by atomic mass is 79.9. The second kappa shape index (κ2) is 6.05. The Morgan fingerprint density at radius 1 is 1.37 bits per heavy atom. The van der Waals surface area contributed by atoms with Crippen LogP contribution in [0.25, 0.3) is 0 Å². The number of rotatable bonds is 4. The molecule has 0 unspecified atom stereocenters. The maximum Gasteiger partial charge on any atom is 0.471 e. The van der Waals surface area contributed by atoms with Crippen molar-refractivity contribution in [2.24, 2.45) is 0 Å². The summed E-state index contributed by atoms with van der Waals surface area (Å²) in [7, 11) is 0. The van der Waals surface area contributed by atoms with Crippen molar-refractivity contribution in [3.8, 4) is 0 Å². The average Bonchev–Trinajstić information content (AvgIpc) is 2.26. The van der Waals surface area contributed by atoms with Gasteiger partial charge in [0.2, 0.25) is 0 Å². The minimum Gasteiger partial charge on any atom is -0.480 e. The predicted octanol–water partition coefficient (Wildman–Crippen LogP) is 2.12. The van der Waals surface area contributed by atoms with E-state index in [9.17, 15) is 22.8 Å². The lowest BCUT2D eigenvalue weighted by atomic mass is 10.1. The van der Waals surface area contributed by atoms with Gasteiger partial charge in [0.25, 0.3) is 0 Å². The number of carboxylic acids is 1. The van der Waals surface area contributed by atoms with Crippen LogP contribution in [0.4, 0.5) is 13.2 Å². The van der Waals surface area contributed by atoms with E-state index in [-0.39, 0.29) is 6.42 Å². The van der Waals surface area contributed by atoms with Crippen LogP contribution in [0.2, 0.25) is 0 Å². The molecule has 0 aliphatic heterocycles. The summed E-state index contributed by atoms with van der Waals surface area (Å²) in [6.45, 7) is 0. The van der Waals surface area contributed by atoms with Crippen LogP contribution in [0, 0.1) is 0 Å². The first kappa shape index (κ1) is 15.5. The Balaban J connectivity index is 2.80. The number of amides is 1. The summed E-state index contributed by atoms with van der Waals surface area (Å²) in [6.07, 6.45) is -5.35. The fourth-order valence-electron chi connectivity index (χ4n) is 1.34. The number of carbonyl (C=O) groups is 2. The maximum absolute atomic E-state index is 12.1. The van der Waals surface area contributed by atoms with E-state index in [1.807, 2.05) is 0 Å². The zero-order valence-electron chi connectivity index (χ0n) is 9.37. The number of aliphatic carboxylic acids is 1. The van der Waals surface area contributed by atoms with Crippen LogP contribution >= 0.6 is 15.9 Å². The number of carboxylic acid groups (broad SMARTS) is 1. The predicted molar refractivity (Wildman–Crippen MR) is 63.5 cm³/mol. The molecule has 1 aromatic carbocycles. The van der Waals surface area contributed by atoms with E-state index in [1.165, 1.54) is 5.32 Å². The zero-order chi connectivity index (χ0) is 14.6. The molecule has 104 valence electrons. The van der Waals surface area contributed by atoms with E-state index >= 15 is 0 Å². The fourth-order valence-corrected chi connectivity index (χ4v) is 1.79. The summed E-state index contributed by atoms with van der Waals surface area (Å²) in [6, 6.07) is 4.79. The molecular weight excluding hydrogens is 331 g/mol. The largest absolute Gasteiger partial charge is 0.480 e. The van der Waals surface area contributed by atoms with E-state index in [0.717, 1.165) is 0 Å². The Morgan fingerprint density at radius 2 is 2.00 bits per heavy atom. The number of halogens is 4. The molecule has 2 N–H and O–H groups in total. The molecule has 0 aromatic heterocycles. The van der Waals surface area contributed by atoms with Crippen molar-refractivity contribution in [2.75, 3.05) is 0 Å². The smallest absolute Gasteiger partial charge is 0.471 e. The van der Waals surface area contributed by atoms with Gasteiger partial charge in [-0.2, -0.15) is 13.2 Å². The Morgan fingerprint density at radius 3 is 2.47 bits per heavy atom. The zero-order valence-corrected chi connectivity index (χ0v) is 11.0. The molecule has 1 amide bonds. The summed E-state index contributed by atoms with van der Waals surface area (Å²) in [4.78, 5) is 21.6. The van der Waals surface area contributed by atoms with E-state index in [2.05, 4.69) is 15.9 Å². The molecule has 0 spiro atoms. The average molecular weight is 340 g/mol. The van der Waals surface area contributed by atoms with Gasteiger partial charge in [-0.15, -0.1) is 0 Å². The third kappa shape index (κ3) is 4.90. The standard InChI is InChI=1S/C11H9BrF3NO3/c12-7-3-1-2-6(4-7)5-8(9(17)18)16-10(19)11(13,14)15/h1-4,8H,5H2,(H,16,19)(H,17,18)/t8-/m0/s1. The highest BCUT2D eigenvalue weighted by Gasteiger charge is 2.40. The van der Waals surface area contributed by atoms with Gasteiger partial charge >= 0.3 is 18.1 Å². The minimum absolute atomic E-state index is 0.239. The van der Waals surface area contributed by atoms with E-state index in [4.69, 9.17) is 5.11 Å². The van der Waals surface area contributed by atoms with E-state index in [1.54, 1.807) is 24.3 Å². The second-order valence-electron chi connectivity index (χ2n) is 3.70. The van der Waals surface area contributed by atoms with Crippen molar-refractivity contribution in [3.05, 3.63) is 34.3 Å². The number of hydrogen-bond donors (Lipinski definition) is 2. The highest BCUT2D eigenvalue weighted by Crippen LogP contribution is 2.16. The molecule has 1 atom stereocenters. The van der Waals surface area contributed by atoms with Crippen LogP contribution < -0.4 is 5.32 Å². The highest BCUT2D eigenvalue weighted by molar-refractivity contribution is 9.10. The van der Waals surface area contributed by atoms with Gasteiger partial charge in [0.15, 0.2) is 0 Å². The molecular formula is C11H9BrF3NO3. The summed E-state index contributed by atoms with van der Waals surface area (Å²) < 4.78 is 36.9. The van der Waals surface area contributed by atoms with Gasteiger partial charge in [0, 0.05) is 10.9 Å². The van der Waals surface area contributed by atoms with Crippen molar-refractivity contribution >= 4 is 27.8 Å². The number of nitrogens with one attached hydrogen (secondary N) is 1. The van der Waals surface area contributed by atoms with Gasteiger partial charge in [-0.05, 0) is 17.7 Å². The lowest BCUT2D eigenvalue weighted by molar-refractivity contribution is -0.175. The molecule has 0 saturated heterocycles. The Hall–Kier alpha value is -1.57. The lowest BCUT2D eigenvalue weighted by Crippen LogP contribution is -2.47. The van der Waals surface area contributed by atoms with Crippen LogP contribution in [0.3, 0.4) is 0 Å². The SMILES string of the molecule is O=C(O)[C@H](Cc1cccc(Br)c1)NC(=O)C(F)(F)F. The van der Waals surface area contributed by atoms with Gasteiger partial charge in [-0.1, -0.05) is 28.1 Å². The van der Waals surface area contributed by atoms with Crippen LogP contribution in [0.1, 0.15) is 5.56 Å². The molecule has 0 radical (unpaired) electrons.